The summed E-state index contributed by atoms with van der Waals surface area (Å²) < 4.78 is 0. The van der Waals surface area contributed by atoms with E-state index in [1.54, 1.807) is 11.3 Å². The fourth-order valence-corrected chi connectivity index (χ4v) is 1.97. The summed E-state index contributed by atoms with van der Waals surface area (Å²) in [5, 5.41) is 11.1. The Kier molecular flexibility index (Phi) is 2.96. The molecule has 0 spiro atoms. The van der Waals surface area contributed by atoms with Gasteiger partial charge in [0.25, 0.3) is 0 Å². The summed E-state index contributed by atoms with van der Waals surface area (Å²) in [6.45, 7) is 0. The van der Waals surface area contributed by atoms with Gasteiger partial charge in [-0.1, -0.05) is 36.4 Å². The molecule has 0 atom stereocenters. The van der Waals surface area contributed by atoms with Crippen molar-refractivity contribution in [2.45, 2.75) is 0 Å². The normalized spacial score (nSPS) is 11.0. The second kappa shape index (κ2) is 4.59. The third kappa shape index (κ3) is 2.34. The van der Waals surface area contributed by atoms with Crippen LogP contribution in [-0.2, 0) is 0 Å². The van der Waals surface area contributed by atoms with Gasteiger partial charge in [0.1, 0.15) is 0 Å². The maximum Gasteiger partial charge on any atom is 0.0998 e. The van der Waals surface area contributed by atoms with Crippen molar-refractivity contribution in [2.75, 3.05) is 0 Å². The molecular weight excluding hydrogens is 202 g/mol. The van der Waals surface area contributed by atoms with Crippen LogP contribution < -0.4 is 0 Å². The number of allylic oxidation sites excluding steroid dienone is 1. The van der Waals surface area contributed by atoms with Gasteiger partial charge in [0, 0.05) is 4.88 Å². The molecule has 1 heterocycles. The van der Waals surface area contributed by atoms with Gasteiger partial charge in [0.2, 0.25) is 0 Å². The van der Waals surface area contributed by atoms with E-state index in [2.05, 4.69) is 6.07 Å². The van der Waals surface area contributed by atoms with E-state index < -0.39 is 0 Å². The Morgan fingerprint density at radius 2 is 1.93 bits per heavy atom. The van der Waals surface area contributed by atoms with E-state index in [9.17, 15) is 0 Å². The van der Waals surface area contributed by atoms with Crippen LogP contribution >= 0.6 is 11.3 Å². The Morgan fingerprint density at radius 3 is 2.53 bits per heavy atom. The third-order valence-corrected chi connectivity index (χ3v) is 2.85. The predicted molar refractivity (Wildman–Crippen MR) is 64.2 cm³/mol. The van der Waals surface area contributed by atoms with E-state index >= 15 is 0 Å². The lowest BCUT2D eigenvalue weighted by Gasteiger charge is -1.96. The van der Waals surface area contributed by atoms with Crippen molar-refractivity contribution < 1.29 is 0 Å². The summed E-state index contributed by atoms with van der Waals surface area (Å²) in [6, 6.07) is 15.9. The van der Waals surface area contributed by atoms with E-state index in [0.717, 1.165) is 10.4 Å². The Labute approximate surface area is 92.9 Å². The van der Waals surface area contributed by atoms with Crippen molar-refractivity contribution in [2.24, 2.45) is 0 Å². The Balaban J connectivity index is 2.38. The first-order chi connectivity index (χ1) is 7.40. The largest absolute Gasteiger partial charge is 0.192 e. The zero-order chi connectivity index (χ0) is 10.5. The molecule has 1 aromatic heterocycles. The molecule has 0 radical (unpaired) electrons. The fourth-order valence-electron chi connectivity index (χ4n) is 1.31. The third-order valence-electron chi connectivity index (χ3n) is 2.04. The van der Waals surface area contributed by atoms with Crippen LogP contribution in [0.2, 0.25) is 0 Å². The fraction of sp³-hybridized carbons (Fsp3) is 0. The highest BCUT2D eigenvalue weighted by Crippen LogP contribution is 2.19. The van der Waals surface area contributed by atoms with Crippen LogP contribution in [0.15, 0.2) is 47.8 Å². The summed E-state index contributed by atoms with van der Waals surface area (Å²) in [7, 11) is 0. The number of thiophene rings is 1. The van der Waals surface area contributed by atoms with Crippen molar-refractivity contribution in [1.82, 2.24) is 0 Å². The molecule has 0 amide bonds. The second-order valence-corrected chi connectivity index (χ2v) is 4.03. The molecule has 2 heteroatoms. The van der Waals surface area contributed by atoms with Crippen molar-refractivity contribution in [1.29, 1.82) is 5.26 Å². The summed E-state index contributed by atoms with van der Waals surface area (Å²) in [5.74, 6) is 0. The monoisotopic (exact) mass is 211 g/mol. The number of rotatable bonds is 2. The van der Waals surface area contributed by atoms with Crippen LogP contribution in [0.4, 0.5) is 0 Å². The highest BCUT2D eigenvalue weighted by molar-refractivity contribution is 7.10. The molecule has 72 valence electrons. The molecule has 0 N–H and O–H groups in total. The van der Waals surface area contributed by atoms with Crippen molar-refractivity contribution in [3.8, 4) is 6.07 Å². The molecule has 15 heavy (non-hydrogen) atoms. The minimum Gasteiger partial charge on any atom is -0.192 e. The van der Waals surface area contributed by atoms with Crippen LogP contribution in [0.5, 0.6) is 0 Å². The van der Waals surface area contributed by atoms with Gasteiger partial charge in [-0.2, -0.15) is 5.26 Å². The molecule has 2 rings (SSSR count). The number of hydrogen-bond acceptors (Lipinski definition) is 2. The summed E-state index contributed by atoms with van der Waals surface area (Å²) in [5.41, 5.74) is 1.67. The van der Waals surface area contributed by atoms with Crippen molar-refractivity contribution >= 4 is 23.0 Å². The molecule has 2 aromatic rings. The number of hydrogen-bond donors (Lipinski definition) is 0. The summed E-state index contributed by atoms with van der Waals surface area (Å²) in [6.07, 6.45) is 1.92. The van der Waals surface area contributed by atoms with Gasteiger partial charge in [-0.15, -0.1) is 11.3 Å². The number of nitrogens with zero attached hydrogens (tertiary/aromatic N) is 1. The van der Waals surface area contributed by atoms with E-state index in [4.69, 9.17) is 5.26 Å². The molecule has 0 aliphatic rings. The smallest absolute Gasteiger partial charge is 0.0998 e. The van der Waals surface area contributed by atoms with Gasteiger partial charge in [0.15, 0.2) is 0 Å². The first-order valence-electron chi connectivity index (χ1n) is 4.61. The van der Waals surface area contributed by atoms with Crippen molar-refractivity contribution in [3.05, 3.63) is 58.3 Å². The lowest BCUT2D eigenvalue weighted by molar-refractivity contribution is 1.52. The average molecular weight is 211 g/mol. The van der Waals surface area contributed by atoms with Crippen LogP contribution in [0.25, 0.3) is 11.6 Å². The molecule has 0 bridgehead atoms. The number of benzene rings is 1. The summed E-state index contributed by atoms with van der Waals surface area (Å²) in [4.78, 5) is 1.11. The standard InChI is InChI=1S/C13H9NS/c14-10-12(9-13-7-4-8-15-13)11-5-2-1-3-6-11/h1-9H/b12-9-. The van der Waals surface area contributed by atoms with Gasteiger partial charge in [-0.3, -0.25) is 0 Å². The predicted octanol–water partition coefficient (Wildman–Crippen LogP) is 3.81. The maximum atomic E-state index is 9.06. The van der Waals surface area contributed by atoms with Gasteiger partial charge >= 0.3 is 0 Å². The van der Waals surface area contributed by atoms with E-state index in [1.165, 1.54) is 0 Å². The zero-order valence-corrected chi connectivity index (χ0v) is 8.87. The SMILES string of the molecule is N#C/C(=C/c1cccs1)c1ccccc1. The van der Waals surface area contributed by atoms with E-state index in [1.807, 2.05) is 53.9 Å². The molecule has 0 aliphatic heterocycles. The molecular formula is C13H9NS. The molecule has 0 saturated heterocycles. The Hall–Kier alpha value is -1.85. The summed E-state index contributed by atoms with van der Waals surface area (Å²) >= 11 is 1.63. The van der Waals surface area contributed by atoms with Gasteiger partial charge in [0.05, 0.1) is 11.6 Å². The highest BCUT2D eigenvalue weighted by Gasteiger charge is 1.99. The van der Waals surface area contributed by atoms with Gasteiger partial charge in [-0.25, -0.2) is 0 Å². The van der Waals surface area contributed by atoms with Gasteiger partial charge < -0.3 is 0 Å². The first-order valence-corrected chi connectivity index (χ1v) is 5.49. The Morgan fingerprint density at radius 1 is 1.13 bits per heavy atom. The molecule has 1 nitrogen and oxygen atoms in total. The number of nitriles is 1. The van der Waals surface area contributed by atoms with E-state index in [0.29, 0.717) is 5.57 Å². The first kappa shape index (κ1) is 9.70. The average Bonchev–Trinajstić information content (AvgIpc) is 2.80. The van der Waals surface area contributed by atoms with Crippen LogP contribution in [0.3, 0.4) is 0 Å². The minimum atomic E-state index is 0.707. The molecule has 0 unspecified atom stereocenters. The van der Waals surface area contributed by atoms with Crippen LogP contribution in [0.1, 0.15) is 10.4 Å². The van der Waals surface area contributed by atoms with Crippen molar-refractivity contribution in [3.63, 3.8) is 0 Å². The Bertz CT molecular complexity index is 489. The highest BCUT2D eigenvalue weighted by atomic mass is 32.1. The minimum absolute atomic E-state index is 0.707. The zero-order valence-electron chi connectivity index (χ0n) is 8.05. The lowest BCUT2D eigenvalue weighted by Crippen LogP contribution is -1.79. The molecule has 0 fully saturated rings. The second-order valence-electron chi connectivity index (χ2n) is 3.05. The molecule has 0 saturated carbocycles. The topological polar surface area (TPSA) is 23.8 Å². The lowest BCUT2D eigenvalue weighted by atomic mass is 10.1. The van der Waals surface area contributed by atoms with Crippen LogP contribution in [-0.4, -0.2) is 0 Å². The quantitative estimate of drug-likeness (QED) is 0.693. The van der Waals surface area contributed by atoms with Gasteiger partial charge in [-0.05, 0) is 23.1 Å². The maximum absolute atomic E-state index is 9.06. The van der Waals surface area contributed by atoms with Crippen LogP contribution in [0, 0.1) is 11.3 Å². The van der Waals surface area contributed by atoms with E-state index in [-0.39, 0.29) is 0 Å². The molecule has 0 aliphatic carbocycles. The molecule has 1 aromatic carbocycles.